The molecule has 27 heavy (non-hydrogen) atoms. The molecular formula is C18H15FN6OS. The molecule has 2 aromatic heterocycles. The van der Waals surface area contributed by atoms with Crippen LogP contribution in [0.15, 0.2) is 53.7 Å². The number of aromatic nitrogens is 5. The van der Waals surface area contributed by atoms with Crippen LogP contribution in [0.3, 0.4) is 0 Å². The third-order valence-corrected chi connectivity index (χ3v) is 4.95. The van der Waals surface area contributed by atoms with Gasteiger partial charge in [0.05, 0.1) is 22.3 Å². The molecule has 0 radical (unpaired) electrons. The van der Waals surface area contributed by atoms with Gasteiger partial charge in [-0.15, -0.1) is 10.2 Å². The molecule has 0 bridgehead atoms. The second-order valence-electron chi connectivity index (χ2n) is 5.78. The van der Waals surface area contributed by atoms with E-state index < -0.39 is 0 Å². The van der Waals surface area contributed by atoms with Gasteiger partial charge in [0, 0.05) is 7.05 Å². The maximum atomic E-state index is 13.9. The summed E-state index contributed by atoms with van der Waals surface area (Å²) < 4.78 is 15.6. The van der Waals surface area contributed by atoms with Gasteiger partial charge < -0.3 is 9.55 Å². The summed E-state index contributed by atoms with van der Waals surface area (Å²) >= 11 is 1.22. The van der Waals surface area contributed by atoms with Crippen molar-refractivity contribution >= 4 is 34.7 Å². The lowest BCUT2D eigenvalue weighted by Gasteiger charge is -2.05. The Balaban J connectivity index is 1.43. The number of amides is 1. The SMILES string of the molecule is Cn1c(SCC(=O)Nc2nc3ccccc3[nH]2)nnc1-c1ccccc1F. The Morgan fingerprint density at radius 2 is 1.96 bits per heavy atom. The average molecular weight is 382 g/mol. The Morgan fingerprint density at radius 3 is 2.78 bits per heavy atom. The lowest BCUT2D eigenvalue weighted by molar-refractivity contribution is -0.113. The van der Waals surface area contributed by atoms with E-state index in [4.69, 9.17) is 0 Å². The minimum Gasteiger partial charge on any atom is -0.324 e. The summed E-state index contributed by atoms with van der Waals surface area (Å²) in [6, 6.07) is 13.9. The molecule has 4 rings (SSSR count). The van der Waals surface area contributed by atoms with Gasteiger partial charge in [-0.2, -0.15) is 0 Å². The molecule has 136 valence electrons. The maximum Gasteiger partial charge on any atom is 0.237 e. The highest BCUT2D eigenvalue weighted by atomic mass is 32.2. The second-order valence-corrected chi connectivity index (χ2v) is 6.73. The number of imidazole rings is 1. The Bertz CT molecular complexity index is 1090. The number of anilines is 1. The number of halogens is 1. The maximum absolute atomic E-state index is 13.9. The fraction of sp³-hybridized carbons (Fsp3) is 0.111. The van der Waals surface area contributed by atoms with E-state index in [1.165, 1.54) is 17.8 Å². The van der Waals surface area contributed by atoms with Gasteiger partial charge in [0.25, 0.3) is 0 Å². The van der Waals surface area contributed by atoms with Crippen molar-refractivity contribution in [2.45, 2.75) is 5.16 Å². The fourth-order valence-electron chi connectivity index (χ4n) is 2.63. The van der Waals surface area contributed by atoms with E-state index in [0.717, 1.165) is 11.0 Å². The third kappa shape index (κ3) is 3.54. The number of carbonyl (C=O) groups excluding carboxylic acids is 1. The topological polar surface area (TPSA) is 88.5 Å². The number of benzene rings is 2. The molecular weight excluding hydrogens is 367 g/mol. The van der Waals surface area contributed by atoms with Gasteiger partial charge in [-0.3, -0.25) is 10.1 Å². The summed E-state index contributed by atoms with van der Waals surface area (Å²) in [6.45, 7) is 0. The summed E-state index contributed by atoms with van der Waals surface area (Å²) in [5.41, 5.74) is 2.00. The first kappa shape index (κ1) is 17.2. The zero-order valence-electron chi connectivity index (χ0n) is 14.3. The minimum atomic E-state index is -0.368. The highest BCUT2D eigenvalue weighted by Crippen LogP contribution is 2.24. The number of nitrogens with one attached hydrogen (secondary N) is 2. The molecule has 0 atom stereocenters. The van der Waals surface area contributed by atoms with Crippen LogP contribution in [0.5, 0.6) is 0 Å². The predicted octanol–water partition coefficient (Wildman–Crippen LogP) is 3.23. The van der Waals surface area contributed by atoms with Crippen LogP contribution >= 0.6 is 11.8 Å². The van der Waals surface area contributed by atoms with Gasteiger partial charge in [-0.25, -0.2) is 9.37 Å². The van der Waals surface area contributed by atoms with E-state index in [-0.39, 0.29) is 17.5 Å². The Kier molecular flexibility index (Phi) is 4.59. The van der Waals surface area contributed by atoms with Crippen molar-refractivity contribution < 1.29 is 9.18 Å². The monoisotopic (exact) mass is 382 g/mol. The first-order valence-corrected chi connectivity index (χ1v) is 9.12. The van der Waals surface area contributed by atoms with Gasteiger partial charge in [0.1, 0.15) is 5.82 Å². The highest BCUT2D eigenvalue weighted by Gasteiger charge is 2.16. The largest absolute Gasteiger partial charge is 0.324 e. The van der Waals surface area contributed by atoms with Crippen LogP contribution in [0.25, 0.3) is 22.4 Å². The highest BCUT2D eigenvalue weighted by molar-refractivity contribution is 7.99. The van der Waals surface area contributed by atoms with Gasteiger partial charge >= 0.3 is 0 Å². The van der Waals surface area contributed by atoms with Crippen LogP contribution in [0, 0.1) is 5.82 Å². The van der Waals surface area contributed by atoms with Gasteiger partial charge in [-0.05, 0) is 24.3 Å². The van der Waals surface area contributed by atoms with Crippen LogP contribution in [0.1, 0.15) is 0 Å². The smallest absolute Gasteiger partial charge is 0.237 e. The number of hydrogen-bond donors (Lipinski definition) is 2. The van der Waals surface area contributed by atoms with Crippen molar-refractivity contribution in [3.05, 3.63) is 54.3 Å². The van der Waals surface area contributed by atoms with Gasteiger partial charge in [0.2, 0.25) is 11.9 Å². The van der Waals surface area contributed by atoms with Crippen molar-refractivity contribution in [1.82, 2.24) is 24.7 Å². The molecule has 2 aromatic carbocycles. The molecule has 9 heteroatoms. The molecule has 0 saturated heterocycles. The van der Waals surface area contributed by atoms with E-state index >= 15 is 0 Å². The van der Waals surface area contributed by atoms with Crippen LogP contribution in [0.2, 0.25) is 0 Å². The Labute approximate surface area is 158 Å². The molecule has 0 spiro atoms. The average Bonchev–Trinajstić information content (AvgIpc) is 3.23. The number of nitrogens with zero attached hydrogens (tertiary/aromatic N) is 4. The van der Waals surface area contributed by atoms with Crippen molar-refractivity contribution in [2.75, 3.05) is 11.1 Å². The number of carbonyl (C=O) groups is 1. The molecule has 1 amide bonds. The number of hydrogen-bond acceptors (Lipinski definition) is 5. The van der Waals surface area contributed by atoms with Crippen LogP contribution < -0.4 is 5.32 Å². The fourth-order valence-corrected chi connectivity index (χ4v) is 3.34. The quantitative estimate of drug-likeness (QED) is 0.518. The molecule has 4 aromatic rings. The molecule has 0 aliphatic heterocycles. The number of fused-ring (bicyclic) bond motifs is 1. The molecule has 0 fully saturated rings. The van der Waals surface area contributed by atoms with Crippen molar-refractivity contribution in [1.29, 1.82) is 0 Å². The predicted molar refractivity (Wildman–Crippen MR) is 102 cm³/mol. The van der Waals surface area contributed by atoms with E-state index in [0.29, 0.717) is 22.5 Å². The second kappa shape index (κ2) is 7.20. The minimum absolute atomic E-state index is 0.125. The first-order chi connectivity index (χ1) is 13.1. The first-order valence-electron chi connectivity index (χ1n) is 8.13. The van der Waals surface area contributed by atoms with Gasteiger partial charge in [-0.1, -0.05) is 36.0 Å². The normalized spacial score (nSPS) is 11.0. The molecule has 0 aliphatic rings. The number of aromatic amines is 1. The Morgan fingerprint density at radius 1 is 1.19 bits per heavy atom. The summed E-state index contributed by atoms with van der Waals surface area (Å²) in [6.07, 6.45) is 0. The molecule has 0 aliphatic carbocycles. The van der Waals surface area contributed by atoms with Crippen molar-refractivity contribution in [3.63, 3.8) is 0 Å². The summed E-state index contributed by atoms with van der Waals surface area (Å²) in [4.78, 5) is 19.5. The third-order valence-electron chi connectivity index (χ3n) is 3.93. The number of thioether (sulfide) groups is 1. The summed E-state index contributed by atoms with van der Waals surface area (Å²) in [7, 11) is 1.74. The van der Waals surface area contributed by atoms with Gasteiger partial charge in [0.15, 0.2) is 11.0 Å². The number of rotatable bonds is 5. The summed E-state index contributed by atoms with van der Waals surface area (Å²) in [5.74, 6) is 0.335. The molecule has 2 heterocycles. The molecule has 2 N–H and O–H groups in total. The number of para-hydroxylation sites is 2. The van der Waals surface area contributed by atoms with Crippen molar-refractivity contribution in [3.8, 4) is 11.4 Å². The van der Waals surface area contributed by atoms with Crippen molar-refractivity contribution in [2.24, 2.45) is 7.05 Å². The van der Waals surface area contributed by atoms with Crippen LogP contribution in [-0.2, 0) is 11.8 Å². The van der Waals surface area contributed by atoms with E-state index in [2.05, 4.69) is 25.5 Å². The van der Waals surface area contributed by atoms with Crippen LogP contribution in [-0.4, -0.2) is 36.4 Å². The lowest BCUT2D eigenvalue weighted by atomic mass is 10.2. The molecule has 0 saturated carbocycles. The zero-order valence-corrected chi connectivity index (χ0v) is 15.1. The van der Waals surface area contributed by atoms with Crippen LogP contribution in [0.4, 0.5) is 10.3 Å². The zero-order chi connectivity index (χ0) is 18.8. The Hall–Kier alpha value is -3.20. The molecule has 0 unspecified atom stereocenters. The standard InChI is InChI=1S/C18H15FN6OS/c1-25-16(11-6-2-3-7-12(11)19)23-24-18(25)27-10-15(26)22-17-20-13-8-4-5-9-14(13)21-17/h2-9H,10H2,1H3,(H2,20,21,22,26). The van der Waals surface area contributed by atoms with E-state index in [1.54, 1.807) is 29.8 Å². The number of H-pyrrole nitrogens is 1. The lowest BCUT2D eigenvalue weighted by Crippen LogP contribution is -2.15. The summed E-state index contributed by atoms with van der Waals surface area (Å²) in [5, 5.41) is 11.3. The van der Waals surface area contributed by atoms with E-state index in [1.807, 2.05) is 24.3 Å². The molecule has 7 nitrogen and oxygen atoms in total. The van der Waals surface area contributed by atoms with E-state index in [9.17, 15) is 9.18 Å².